The molecule has 4 heterocycles. The van der Waals surface area contributed by atoms with Gasteiger partial charge in [0.25, 0.3) is 0 Å². The van der Waals surface area contributed by atoms with Crippen LogP contribution in [-0.2, 0) is 19.2 Å². The Bertz CT molecular complexity index is 2150. The topological polar surface area (TPSA) is 195 Å². The van der Waals surface area contributed by atoms with Crippen LogP contribution < -0.4 is 16.0 Å². The van der Waals surface area contributed by atoms with Crippen LogP contribution in [0, 0.1) is 18.3 Å². The summed E-state index contributed by atoms with van der Waals surface area (Å²) in [6.45, 7) is 11.9. The third-order valence-corrected chi connectivity index (χ3v) is 12.7. The zero-order chi connectivity index (χ0) is 43.1. The van der Waals surface area contributed by atoms with E-state index >= 15 is 0 Å². The van der Waals surface area contributed by atoms with Gasteiger partial charge in [0.2, 0.25) is 17.7 Å². The number of rotatable bonds is 15. The number of carbonyl (C=O) groups excluding carboxylic acids is 4. The van der Waals surface area contributed by atoms with Gasteiger partial charge < -0.3 is 36.0 Å². The number of phenolic OH excluding ortho intramolecular Hbond substituents is 1. The number of nitrogens with one attached hydrogen (secondary N) is 1. The number of aliphatic hydroxyl groups is 1. The zero-order valence-corrected chi connectivity index (χ0v) is 36.1. The largest absolute Gasteiger partial charge is 0.507 e. The summed E-state index contributed by atoms with van der Waals surface area (Å²) in [6.07, 6.45) is 1.96. The van der Waals surface area contributed by atoms with Crippen LogP contribution in [0.15, 0.2) is 60.1 Å². The second kappa shape index (κ2) is 19.3. The number of aliphatic hydroxyl groups excluding tert-OH is 1. The van der Waals surface area contributed by atoms with Crippen LogP contribution in [0.1, 0.15) is 89.9 Å². The molecule has 2 fully saturated rings. The van der Waals surface area contributed by atoms with Gasteiger partial charge in [0.05, 0.1) is 39.6 Å². The Kier molecular flexibility index (Phi) is 14.2. The fraction of sp³-hybridized carbons (Fsp3) is 0.489. The van der Waals surface area contributed by atoms with Crippen molar-refractivity contribution in [3.05, 3.63) is 71.4 Å². The second-order valence-electron chi connectivity index (χ2n) is 17.1. The third-order valence-electron chi connectivity index (χ3n) is 11.7. The number of carbonyl (C=O) groups is 4. The molecule has 0 spiro atoms. The predicted molar refractivity (Wildman–Crippen MR) is 233 cm³/mol. The third kappa shape index (κ3) is 10.7. The number of benzene rings is 2. The number of β-amino-alcohol motifs (C(OH)–C–C–N with tert-alkyl or cyclic N) is 1. The maximum atomic E-state index is 14.1. The highest BCUT2D eigenvalue weighted by molar-refractivity contribution is 7.13. The highest BCUT2D eigenvalue weighted by Gasteiger charge is 2.44. The molecule has 320 valence electrons. The maximum absolute atomic E-state index is 14.1. The number of nitrogens with zero attached hydrogens (tertiary/aromatic N) is 6. The van der Waals surface area contributed by atoms with Crippen molar-refractivity contribution in [1.29, 1.82) is 0 Å². The van der Waals surface area contributed by atoms with Crippen LogP contribution in [0.25, 0.3) is 21.7 Å². The lowest BCUT2D eigenvalue weighted by Gasteiger charge is -2.36. The Morgan fingerprint density at radius 1 is 0.967 bits per heavy atom. The van der Waals surface area contributed by atoms with Crippen LogP contribution in [0.2, 0.25) is 0 Å². The summed E-state index contributed by atoms with van der Waals surface area (Å²) in [5.41, 5.74) is 12.2. The van der Waals surface area contributed by atoms with Gasteiger partial charge in [-0.2, -0.15) is 0 Å². The molecular weight excluding hydrogens is 781 g/mol. The van der Waals surface area contributed by atoms with E-state index in [1.807, 2.05) is 81.4 Å². The molecule has 5 N–H and O–H groups in total. The number of aryl methyl sites for hydroxylation is 1. The van der Waals surface area contributed by atoms with E-state index in [0.29, 0.717) is 75.2 Å². The van der Waals surface area contributed by atoms with Gasteiger partial charge >= 0.3 is 0 Å². The Labute approximate surface area is 356 Å². The summed E-state index contributed by atoms with van der Waals surface area (Å²) < 4.78 is 0. The van der Waals surface area contributed by atoms with Gasteiger partial charge in [0.15, 0.2) is 5.82 Å². The van der Waals surface area contributed by atoms with Gasteiger partial charge in [0, 0.05) is 69.9 Å². The molecule has 2 aromatic heterocycles. The number of hydrogen-bond donors (Lipinski definition) is 4. The van der Waals surface area contributed by atoms with E-state index < -0.39 is 23.5 Å². The summed E-state index contributed by atoms with van der Waals surface area (Å²) >= 11 is 1.58. The molecule has 2 aliphatic heterocycles. The fourth-order valence-electron chi connectivity index (χ4n) is 8.09. The van der Waals surface area contributed by atoms with Gasteiger partial charge in [0.1, 0.15) is 17.6 Å². The van der Waals surface area contributed by atoms with Crippen LogP contribution >= 0.6 is 11.3 Å². The number of hydrogen-bond acceptors (Lipinski definition) is 12. The number of nitrogens with two attached hydrogens (primary N) is 1. The highest BCUT2D eigenvalue weighted by atomic mass is 32.1. The summed E-state index contributed by atoms with van der Waals surface area (Å²) in [6, 6.07) is 15.5. The van der Waals surface area contributed by atoms with Crippen molar-refractivity contribution in [3.63, 3.8) is 0 Å². The number of ketones is 1. The summed E-state index contributed by atoms with van der Waals surface area (Å²) in [5, 5.41) is 32.3. The van der Waals surface area contributed by atoms with Crippen molar-refractivity contribution in [2.75, 3.05) is 43.4 Å². The van der Waals surface area contributed by atoms with Gasteiger partial charge in [-0.3, -0.25) is 19.2 Å². The molecule has 3 amide bonds. The van der Waals surface area contributed by atoms with Crippen molar-refractivity contribution in [3.8, 4) is 27.4 Å². The van der Waals surface area contributed by atoms with Crippen LogP contribution in [0.3, 0.4) is 0 Å². The van der Waals surface area contributed by atoms with Crippen molar-refractivity contribution < 1.29 is 29.4 Å². The summed E-state index contributed by atoms with van der Waals surface area (Å²) in [7, 11) is 0. The SMILES string of the molecule is Cc1ncsc1-c1ccc([C@@H](C)NC(=O)[C@H]2C[C@H](O)CN2C(=O)[C@H](CC(=O)CCCCCC(=O)N2CCN(c3cc(-c4ccccc4O)nnc3N)CC2)C(C)(C)C)cc1. The van der Waals surface area contributed by atoms with E-state index in [2.05, 4.69) is 25.4 Å². The number of Topliss-reactive ketones (excluding diaryl/α,β-unsaturated/α-hetero) is 1. The molecule has 2 aromatic carbocycles. The van der Waals surface area contributed by atoms with E-state index in [4.69, 9.17) is 5.73 Å². The minimum Gasteiger partial charge on any atom is -0.507 e. The van der Waals surface area contributed by atoms with E-state index in [9.17, 15) is 29.4 Å². The molecule has 14 nitrogen and oxygen atoms in total. The average molecular weight is 839 g/mol. The Balaban J connectivity index is 0.943. The molecule has 0 radical (unpaired) electrons. The maximum Gasteiger partial charge on any atom is 0.243 e. The number of thiazole rings is 1. The van der Waals surface area contributed by atoms with Gasteiger partial charge in [-0.25, -0.2) is 4.98 Å². The number of para-hydroxylation sites is 1. The molecule has 0 bridgehead atoms. The molecule has 2 saturated heterocycles. The highest BCUT2D eigenvalue weighted by Crippen LogP contribution is 2.35. The number of aromatic hydroxyl groups is 1. The van der Waals surface area contributed by atoms with E-state index in [1.165, 1.54) is 4.90 Å². The first-order valence-electron chi connectivity index (χ1n) is 20.9. The molecule has 0 saturated carbocycles. The molecule has 4 aromatic rings. The summed E-state index contributed by atoms with van der Waals surface area (Å²) in [4.78, 5) is 65.1. The monoisotopic (exact) mass is 838 g/mol. The Hall–Kier alpha value is -5.41. The standard InChI is InChI=1S/C45H58N8O6S/c1-28(30-15-17-31(18-16-30)41-29(2)47-27-60-41)48-43(58)38-24-33(55)26-53(38)44(59)35(45(3,4)5)23-32(54)11-7-6-8-14-40(57)52-21-19-51(20-22-52)37-25-36(49-50-42(37)46)34-12-9-10-13-39(34)56/h9-10,12-13,15-18,25,27-28,33,35,38,55-56H,6-8,11,14,19-24,26H2,1-5H3,(H2,46,50)(H,48,58)/t28-,33+,35+,38-/m1/s1. The van der Waals surface area contributed by atoms with Crippen molar-refractivity contribution in [1.82, 2.24) is 30.3 Å². The van der Waals surface area contributed by atoms with Gasteiger partial charge in [-0.1, -0.05) is 63.6 Å². The first kappa shape index (κ1) is 44.2. The van der Waals surface area contributed by atoms with E-state index in [1.54, 1.807) is 29.5 Å². The number of phenols is 1. The number of likely N-dealkylation sites (tertiary alicyclic amines) is 1. The molecule has 0 unspecified atom stereocenters. The molecule has 0 aliphatic carbocycles. The minimum absolute atomic E-state index is 0.0347. The van der Waals surface area contributed by atoms with E-state index in [-0.39, 0.29) is 60.5 Å². The lowest BCUT2D eigenvalue weighted by Crippen LogP contribution is -2.50. The molecular formula is C45H58N8O6S. The lowest BCUT2D eigenvalue weighted by molar-refractivity contribution is -0.146. The average Bonchev–Trinajstić information content (AvgIpc) is 3.84. The van der Waals surface area contributed by atoms with Crippen molar-refractivity contribution in [2.24, 2.45) is 11.3 Å². The first-order chi connectivity index (χ1) is 28.6. The lowest BCUT2D eigenvalue weighted by atomic mass is 9.76. The summed E-state index contributed by atoms with van der Waals surface area (Å²) in [5.74, 6) is -0.872. The molecule has 60 heavy (non-hydrogen) atoms. The number of aromatic nitrogens is 3. The first-order valence-corrected chi connectivity index (χ1v) is 21.7. The zero-order valence-electron chi connectivity index (χ0n) is 35.3. The number of amides is 3. The van der Waals surface area contributed by atoms with Crippen LogP contribution in [-0.4, -0.2) is 104 Å². The smallest absolute Gasteiger partial charge is 0.243 e. The normalized spacial score (nSPS) is 18.0. The van der Waals surface area contributed by atoms with Crippen LogP contribution in [0.5, 0.6) is 5.75 Å². The predicted octanol–water partition coefficient (Wildman–Crippen LogP) is 5.92. The van der Waals surface area contributed by atoms with Crippen molar-refractivity contribution in [2.45, 2.75) is 97.8 Å². The quantitative estimate of drug-likeness (QED) is 0.104. The molecule has 15 heteroatoms. The van der Waals surface area contributed by atoms with Crippen LogP contribution in [0.4, 0.5) is 11.5 Å². The second-order valence-corrected chi connectivity index (χ2v) is 18.0. The number of anilines is 2. The Morgan fingerprint density at radius 3 is 2.33 bits per heavy atom. The number of piperazine rings is 1. The number of nitrogen functional groups attached to an aromatic ring is 1. The minimum atomic E-state index is -0.844. The molecule has 6 rings (SSSR count). The van der Waals surface area contributed by atoms with Gasteiger partial charge in [-0.15, -0.1) is 21.5 Å². The Morgan fingerprint density at radius 2 is 1.67 bits per heavy atom. The number of unbranched alkanes of at least 4 members (excludes halogenated alkanes) is 2. The van der Waals surface area contributed by atoms with E-state index in [0.717, 1.165) is 21.7 Å². The van der Waals surface area contributed by atoms with Gasteiger partial charge in [-0.05, 0) is 61.4 Å². The fourth-order valence-corrected chi connectivity index (χ4v) is 8.90. The van der Waals surface area contributed by atoms with Crippen molar-refractivity contribution >= 4 is 46.3 Å². The molecule has 2 aliphatic rings. The molecule has 4 atom stereocenters.